The fourth-order valence-electron chi connectivity index (χ4n) is 2.88. The highest BCUT2D eigenvalue weighted by Gasteiger charge is 2.19. The van der Waals surface area contributed by atoms with Crippen molar-refractivity contribution >= 4 is 21.8 Å². The number of benzene rings is 1. The first-order valence-electron chi connectivity index (χ1n) is 8.44. The van der Waals surface area contributed by atoms with Gasteiger partial charge in [-0.1, -0.05) is 17.7 Å². The van der Waals surface area contributed by atoms with Crippen LogP contribution in [0.25, 0.3) is 0 Å². The summed E-state index contributed by atoms with van der Waals surface area (Å²) in [6.07, 6.45) is 0. The second-order valence-electron chi connectivity index (χ2n) is 6.64. The average molecular weight is 378 g/mol. The van der Waals surface area contributed by atoms with Crippen molar-refractivity contribution in [3.05, 3.63) is 40.6 Å². The molecule has 0 bridgehead atoms. The number of aryl methyl sites for hydroxylation is 4. The van der Waals surface area contributed by atoms with Crippen molar-refractivity contribution in [2.24, 2.45) is 0 Å². The van der Waals surface area contributed by atoms with Gasteiger partial charge in [0.1, 0.15) is 5.82 Å². The van der Waals surface area contributed by atoms with Gasteiger partial charge in [0.2, 0.25) is 16.0 Å². The van der Waals surface area contributed by atoms with E-state index in [1.807, 2.05) is 64.9 Å². The number of nitrogens with one attached hydrogen (secondary N) is 2. The Kier molecular flexibility index (Phi) is 6.20. The van der Waals surface area contributed by atoms with E-state index in [-0.39, 0.29) is 6.54 Å². The van der Waals surface area contributed by atoms with Crippen LogP contribution in [0.3, 0.4) is 0 Å². The summed E-state index contributed by atoms with van der Waals surface area (Å²) in [6.45, 7) is 8.11. The van der Waals surface area contributed by atoms with E-state index in [2.05, 4.69) is 20.0 Å². The fourth-order valence-corrected chi connectivity index (χ4v) is 4.36. The quantitative estimate of drug-likeness (QED) is 0.719. The Hall–Kier alpha value is -2.19. The van der Waals surface area contributed by atoms with E-state index in [1.165, 1.54) is 0 Å². The molecule has 26 heavy (non-hydrogen) atoms. The molecule has 0 radical (unpaired) electrons. The van der Waals surface area contributed by atoms with Crippen LogP contribution in [0.2, 0.25) is 0 Å². The van der Waals surface area contributed by atoms with Crippen molar-refractivity contribution < 1.29 is 8.42 Å². The lowest BCUT2D eigenvalue weighted by molar-refractivity contribution is 0.581. The molecule has 0 amide bonds. The van der Waals surface area contributed by atoms with Crippen LogP contribution >= 0.6 is 0 Å². The van der Waals surface area contributed by atoms with Crippen LogP contribution in [-0.2, 0) is 10.0 Å². The Balaban J connectivity index is 2.02. The van der Waals surface area contributed by atoms with E-state index >= 15 is 0 Å². The molecular weight excluding hydrogens is 350 g/mol. The van der Waals surface area contributed by atoms with Gasteiger partial charge >= 0.3 is 0 Å². The van der Waals surface area contributed by atoms with Gasteiger partial charge in [0.15, 0.2) is 0 Å². The summed E-state index contributed by atoms with van der Waals surface area (Å²) in [7, 11) is 0.256. The zero-order chi connectivity index (χ0) is 19.5. The maximum Gasteiger partial charge on any atom is 0.241 e. The Morgan fingerprint density at radius 3 is 2.15 bits per heavy atom. The van der Waals surface area contributed by atoms with Gasteiger partial charge in [-0.3, -0.25) is 0 Å². The molecule has 2 aromatic rings. The first-order valence-corrected chi connectivity index (χ1v) is 9.93. The molecule has 1 aromatic heterocycles. The monoisotopic (exact) mass is 377 g/mol. The van der Waals surface area contributed by atoms with Crippen molar-refractivity contribution in [3.8, 4) is 0 Å². The van der Waals surface area contributed by atoms with Gasteiger partial charge in [0, 0.05) is 38.9 Å². The molecule has 1 aromatic carbocycles. The van der Waals surface area contributed by atoms with E-state index in [0.717, 1.165) is 28.2 Å². The molecule has 0 aliphatic heterocycles. The van der Waals surface area contributed by atoms with Crippen LogP contribution < -0.4 is 14.9 Å². The van der Waals surface area contributed by atoms with Gasteiger partial charge in [-0.15, -0.1) is 0 Å². The molecule has 0 atom stereocenters. The third-order valence-electron chi connectivity index (χ3n) is 3.87. The number of hydrogen-bond acceptors (Lipinski definition) is 6. The standard InChI is InChI=1S/C18H27N5O2S/c1-12-9-13(2)17(14(3)10-12)26(24,25)20-8-7-19-18-21-15(4)11-16(22-18)23(5)6/h9-11,20H,7-8H2,1-6H3,(H,19,21,22). The Labute approximate surface area is 155 Å². The zero-order valence-electron chi connectivity index (χ0n) is 16.2. The number of rotatable bonds is 7. The molecule has 8 heteroatoms. The van der Waals surface area contributed by atoms with Gasteiger partial charge in [0.25, 0.3) is 0 Å². The lowest BCUT2D eigenvalue weighted by Gasteiger charge is -2.15. The van der Waals surface area contributed by atoms with Crippen LogP contribution in [0.15, 0.2) is 23.1 Å². The summed E-state index contributed by atoms with van der Waals surface area (Å²) in [6, 6.07) is 5.64. The maximum atomic E-state index is 12.6. The molecule has 0 unspecified atom stereocenters. The molecule has 0 spiro atoms. The van der Waals surface area contributed by atoms with Gasteiger partial charge < -0.3 is 10.2 Å². The van der Waals surface area contributed by atoms with Crippen LogP contribution in [0, 0.1) is 27.7 Å². The van der Waals surface area contributed by atoms with Crippen molar-refractivity contribution in [2.75, 3.05) is 37.4 Å². The van der Waals surface area contributed by atoms with Crippen molar-refractivity contribution in [1.29, 1.82) is 0 Å². The summed E-state index contributed by atoms with van der Waals surface area (Å²) in [5.41, 5.74) is 3.40. The van der Waals surface area contributed by atoms with Crippen LogP contribution in [0.1, 0.15) is 22.4 Å². The van der Waals surface area contributed by atoms with Crippen molar-refractivity contribution in [1.82, 2.24) is 14.7 Å². The number of hydrogen-bond donors (Lipinski definition) is 2. The smallest absolute Gasteiger partial charge is 0.241 e. The highest BCUT2D eigenvalue weighted by atomic mass is 32.2. The summed E-state index contributed by atoms with van der Waals surface area (Å²) < 4.78 is 27.9. The summed E-state index contributed by atoms with van der Waals surface area (Å²) in [5, 5.41) is 3.07. The lowest BCUT2D eigenvalue weighted by atomic mass is 10.1. The van der Waals surface area contributed by atoms with Crippen LogP contribution in [0.4, 0.5) is 11.8 Å². The van der Waals surface area contributed by atoms with Crippen LogP contribution in [-0.4, -0.2) is 45.6 Å². The van der Waals surface area contributed by atoms with E-state index < -0.39 is 10.0 Å². The second-order valence-corrected chi connectivity index (χ2v) is 8.34. The molecule has 0 saturated carbocycles. The van der Waals surface area contributed by atoms with E-state index in [4.69, 9.17) is 0 Å². The summed E-state index contributed by atoms with van der Waals surface area (Å²) >= 11 is 0. The number of sulfonamides is 1. The summed E-state index contributed by atoms with van der Waals surface area (Å²) in [5.74, 6) is 1.28. The van der Waals surface area contributed by atoms with E-state index in [1.54, 1.807) is 0 Å². The molecule has 0 saturated heterocycles. The highest BCUT2D eigenvalue weighted by molar-refractivity contribution is 7.89. The minimum absolute atomic E-state index is 0.240. The highest BCUT2D eigenvalue weighted by Crippen LogP contribution is 2.21. The topological polar surface area (TPSA) is 87.2 Å². The lowest BCUT2D eigenvalue weighted by Crippen LogP contribution is -2.30. The number of aromatic nitrogens is 2. The Morgan fingerprint density at radius 1 is 0.962 bits per heavy atom. The molecule has 2 rings (SSSR count). The fraction of sp³-hybridized carbons (Fsp3) is 0.444. The molecule has 7 nitrogen and oxygen atoms in total. The maximum absolute atomic E-state index is 12.6. The second kappa shape index (κ2) is 8.01. The van der Waals surface area contributed by atoms with Crippen molar-refractivity contribution in [2.45, 2.75) is 32.6 Å². The van der Waals surface area contributed by atoms with Crippen molar-refractivity contribution in [3.63, 3.8) is 0 Å². The third-order valence-corrected chi connectivity index (χ3v) is 5.64. The molecule has 0 aliphatic rings. The predicted molar refractivity (Wildman–Crippen MR) is 105 cm³/mol. The first kappa shape index (κ1) is 20.1. The molecule has 0 fully saturated rings. The Morgan fingerprint density at radius 2 is 1.58 bits per heavy atom. The minimum Gasteiger partial charge on any atom is -0.363 e. The first-order chi connectivity index (χ1) is 12.1. The normalized spacial score (nSPS) is 11.5. The molecule has 142 valence electrons. The summed E-state index contributed by atoms with van der Waals surface area (Å²) in [4.78, 5) is 11.0. The van der Waals surface area contributed by atoms with Gasteiger partial charge in [-0.2, -0.15) is 4.98 Å². The van der Waals surface area contributed by atoms with Gasteiger partial charge in [0.05, 0.1) is 4.90 Å². The molecular formula is C18H27N5O2S. The average Bonchev–Trinajstić information content (AvgIpc) is 2.49. The predicted octanol–water partition coefficient (Wildman–Crippen LogP) is 2.17. The number of nitrogens with zero attached hydrogens (tertiary/aromatic N) is 3. The molecule has 2 N–H and O–H groups in total. The van der Waals surface area contributed by atoms with E-state index in [9.17, 15) is 8.42 Å². The third kappa shape index (κ3) is 4.92. The largest absolute Gasteiger partial charge is 0.363 e. The van der Waals surface area contributed by atoms with E-state index in [0.29, 0.717) is 17.4 Å². The SMILES string of the molecule is Cc1cc(C)c(S(=O)(=O)NCCNc2nc(C)cc(N(C)C)n2)c(C)c1. The number of anilines is 2. The zero-order valence-corrected chi connectivity index (χ0v) is 17.0. The van der Waals surface area contributed by atoms with Gasteiger partial charge in [-0.25, -0.2) is 18.1 Å². The molecule has 0 aliphatic carbocycles. The molecule has 1 heterocycles. The Bertz CT molecular complexity index is 871. The van der Waals surface area contributed by atoms with Crippen LogP contribution in [0.5, 0.6) is 0 Å². The van der Waals surface area contributed by atoms with Gasteiger partial charge in [-0.05, 0) is 38.8 Å². The minimum atomic E-state index is -3.56.